The lowest BCUT2D eigenvalue weighted by atomic mass is 10.1. The fourth-order valence-electron chi connectivity index (χ4n) is 1.97. The normalized spacial score (nSPS) is 10.4. The minimum atomic E-state index is -0.454. The van der Waals surface area contributed by atoms with E-state index in [0.29, 0.717) is 16.0 Å². The van der Waals surface area contributed by atoms with Gasteiger partial charge in [-0.3, -0.25) is 0 Å². The maximum absolute atomic E-state index is 11.9. The summed E-state index contributed by atoms with van der Waals surface area (Å²) in [6, 6.07) is 9.21. The number of hydrogen-bond acceptors (Lipinski definition) is 3. The molecule has 0 amide bonds. The summed E-state index contributed by atoms with van der Waals surface area (Å²) in [7, 11) is 0. The number of halogens is 3. The Hall–Kier alpha value is -0.850. The number of benzene rings is 2. The third-order valence-corrected chi connectivity index (χ3v) is 4.45. The van der Waals surface area contributed by atoms with Crippen LogP contribution in [-0.4, -0.2) is 12.6 Å². The van der Waals surface area contributed by atoms with Gasteiger partial charge in [0.15, 0.2) is 6.61 Å². The second-order valence-electron chi connectivity index (χ2n) is 4.71. The van der Waals surface area contributed by atoms with E-state index in [9.17, 15) is 4.79 Å². The minimum Gasteiger partial charge on any atom is -0.481 e. The SMILES string of the molecule is Cc1cc(Br)cc(C)c1OCC(=O)Oc1ccc(Br)cc1Br. The van der Waals surface area contributed by atoms with Gasteiger partial charge in [-0.15, -0.1) is 0 Å². The van der Waals surface area contributed by atoms with Crippen LogP contribution < -0.4 is 9.47 Å². The zero-order valence-corrected chi connectivity index (χ0v) is 16.7. The van der Waals surface area contributed by atoms with Crippen LogP contribution >= 0.6 is 47.8 Å². The quantitative estimate of drug-likeness (QED) is 0.413. The van der Waals surface area contributed by atoms with Gasteiger partial charge in [0.2, 0.25) is 0 Å². The van der Waals surface area contributed by atoms with Gasteiger partial charge < -0.3 is 9.47 Å². The van der Waals surface area contributed by atoms with Gasteiger partial charge in [-0.1, -0.05) is 31.9 Å². The molecule has 0 saturated carbocycles. The molecule has 2 rings (SSSR count). The number of esters is 1. The summed E-state index contributed by atoms with van der Waals surface area (Å²) in [4.78, 5) is 11.9. The predicted molar refractivity (Wildman–Crippen MR) is 96.6 cm³/mol. The maximum Gasteiger partial charge on any atom is 0.349 e. The van der Waals surface area contributed by atoms with Crippen molar-refractivity contribution in [3.8, 4) is 11.5 Å². The molecular formula is C16H13Br3O3. The number of carbonyl (C=O) groups excluding carboxylic acids is 1. The zero-order valence-electron chi connectivity index (χ0n) is 12.0. The molecule has 116 valence electrons. The van der Waals surface area contributed by atoms with Crippen LogP contribution in [-0.2, 0) is 4.79 Å². The maximum atomic E-state index is 11.9. The van der Waals surface area contributed by atoms with E-state index in [1.54, 1.807) is 12.1 Å². The van der Waals surface area contributed by atoms with Crippen molar-refractivity contribution >= 4 is 53.8 Å². The third-order valence-electron chi connectivity index (χ3n) is 2.88. The second-order valence-corrected chi connectivity index (χ2v) is 7.39. The number of aryl methyl sites for hydroxylation is 2. The highest BCUT2D eigenvalue weighted by Gasteiger charge is 2.12. The molecule has 2 aromatic carbocycles. The summed E-state index contributed by atoms with van der Waals surface area (Å²) in [5.41, 5.74) is 1.92. The molecule has 22 heavy (non-hydrogen) atoms. The number of ether oxygens (including phenoxy) is 2. The van der Waals surface area contributed by atoms with Crippen LogP contribution in [0.1, 0.15) is 11.1 Å². The summed E-state index contributed by atoms with van der Waals surface area (Å²) in [5, 5.41) is 0. The Kier molecular flexibility index (Phi) is 6.06. The summed E-state index contributed by atoms with van der Waals surface area (Å²) in [6.07, 6.45) is 0. The van der Waals surface area contributed by atoms with Crippen LogP contribution in [0, 0.1) is 13.8 Å². The average Bonchev–Trinajstić information content (AvgIpc) is 2.40. The molecular weight excluding hydrogens is 480 g/mol. The van der Waals surface area contributed by atoms with Gasteiger partial charge in [-0.05, 0) is 71.2 Å². The lowest BCUT2D eigenvalue weighted by Crippen LogP contribution is -2.18. The van der Waals surface area contributed by atoms with Crippen LogP contribution in [0.15, 0.2) is 43.7 Å². The predicted octanol–water partition coefficient (Wildman–Crippen LogP) is 5.58. The minimum absolute atomic E-state index is 0.147. The van der Waals surface area contributed by atoms with Crippen molar-refractivity contribution < 1.29 is 14.3 Å². The molecule has 3 nitrogen and oxygen atoms in total. The molecule has 0 fully saturated rings. The van der Waals surface area contributed by atoms with Crippen LogP contribution in [0.3, 0.4) is 0 Å². The van der Waals surface area contributed by atoms with Crippen molar-refractivity contribution in [2.45, 2.75) is 13.8 Å². The van der Waals surface area contributed by atoms with Crippen molar-refractivity contribution in [2.75, 3.05) is 6.61 Å². The first-order valence-corrected chi connectivity index (χ1v) is 8.80. The van der Waals surface area contributed by atoms with E-state index in [0.717, 1.165) is 20.1 Å². The lowest BCUT2D eigenvalue weighted by molar-refractivity contribution is -0.136. The van der Waals surface area contributed by atoms with Crippen molar-refractivity contribution in [2.24, 2.45) is 0 Å². The fraction of sp³-hybridized carbons (Fsp3) is 0.188. The van der Waals surface area contributed by atoms with Crippen LogP contribution in [0.2, 0.25) is 0 Å². The number of rotatable bonds is 4. The third kappa shape index (κ3) is 4.57. The van der Waals surface area contributed by atoms with E-state index in [1.165, 1.54) is 0 Å². The van der Waals surface area contributed by atoms with Gasteiger partial charge in [0.25, 0.3) is 0 Å². The topological polar surface area (TPSA) is 35.5 Å². The molecule has 0 atom stereocenters. The van der Waals surface area contributed by atoms with Gasteiger partial charge in [0.05, 0.1) is 4.47 Å². The number of carbonyl (C=O) groups is 1. The molecule has 0 aromatic heterocycles. The molecule has 6 heteroatoms. The Bertz CT molecular complexity index is 691. The molecule has 0 unspecified atom stereocenters. The Balaban J connectivity index is 2.02. The monoisotopic (exact) mass is 490 g/mol. The highest BCUT2D eigenvalue weighted by atomic mass is 79.9. The summed E-state index contributed by atoms with van der Waals surface area (Å²) in [6.45, 7) is 3.72. The largest absolute Gasteiger partial charge is 0.481 e. The first-order valence-electron chi connectivity index (χ1n) is 6.42. The van der Waals surface area contributed by atoms with Gasteiger partial charge in [0.1, 0.15) is 11.5 Å². The molecule has 0 spiro atoms. The summed E-state index contributed by atoms with van der Waals surface area (Å²) in [5.74, 6) is 0.709. The molecule has 0 aliphatic rings. The van der Waals surface area contributed by atoms with E-state index in [1.807, 2.05) is 32.0 Å². The van der Waals surface area contributed by atoms with Crippen LogP contribution in [0.5, 0.6) is 11.5 Å². The summed E-state index contributed by atoms with van der Waals surface area (Å²) < 4.78 is 13.5. The van der Waals surface area contributed by atoms with Crippen LogP contribution in [0.25, 0.3) is 0 Å². The molecule has 0 aliphatic heterocycles. The fourth-order valence-corrected chi connectivity index (χ4v) is 3.78. The van der Waals surface area contributed by atoms with Crippen molar-refractivity contribution in [1.29, 1.82) is 0 Å². The lowest BCUT2D eigenvalue weighted by Gasteiger charge is -2.12. The Morgan fingerprint density at radius 1 is 1.00 bits per heavy atom. The molecule has 0 aliphatic carbocycles. The molecule has 0 heterocycles. The molecule has 2 aromatic rings. The van der Waals surface area contributed by atoms with Crippen LogP contribution in [0.4, 0.5) is 0 Å². The van der Waals surface area contributed by atoms with Gasteiger partial charge in [-0.2, -0.15) is 0 Å². The van der Waals surface area contributed by atoms with Crippen molar-refractivity contribution in [3.05, 3.63) is 54.9 Å². The van der Waals surface area contributed by atoms with Gasteiger partial charge in [0, 0.05) is 8.95 Å². The number of hydrogen-bond donors (Lipinski definition) is 0. The van der Waals surface area contributed by atoms with Gasteiger partial charge >= 0.3 is 5.97 Å². The molecule has 0 bridgehead atoms. The van der Waals surface area contributed by atoms with E-state index < -0.39 is 5.97 Å². The van der Waals surface area contributed by atoms with E-state index in [2.05, 4.69) is 47.8 Å². The zero-order chi connectivity index (χ0) is 16.3. The molecule has 0 N–H and O–H groups in total. The first-order chi connectivity index (χ1) is 10.4. The molecule has 0 saturated heterocycles. The highest BCUT2D eigenvalue weighted by molar-refractivity contribution is 9.11. The van der Waals surface area contributed by atoms with Gasteiger partial charge in [-0.25, -0.2) is 4.79 Å². The smallest absolute Gasteiger partial charge is 0.349 e. The average molecular weight is 493 g/mol. The van der Waals surface area contributed by atoms with E-state index >= 15 is 0 Å². The van der Waals surface area contributed by atoms with E-state index in [4.69, 9.17) is 9.47 Å². The second kappa shape index (κ2) is 7.62. The molecule has 0 radical (unpaired) electrons. The van der Waals surface area contributed by atoms with E-state index in [-0.39, 0.29) is 6.61 Å². The Morgan fingerprint density at radius 2 is 1.64 bits per heavy atom. The summed E-state index contributed by atoms with van der Waals surface area (Å²) >= 11 is 10.1. The Morgan fingerprint density at radius 3 is 2.23 bits per heavy atom. The Labute approximate surface area is 154 Å². The standard InChI is InChI=1S/C16H13Br3O3/c1-9-5-12(18)6-10(2)16(9)21-8-15(20)22-14-4-3-11(17)7-13(14)19/h3-7H,8H2,1-2H3. The first kappa shape index (κ1) is 17.5. The van der Waals surface area contributed by atoms with Crippen molar-refractivity contribution in [1.82, 2.24) is 0 Å². The van der Waals surface area contributed by atoms with Crippen molar-refractivity contribution in [3.63, 3.8) is 0 Å². The highest BCUT2D eigenvalue weighted by Crippen LogP contribution is 2.29.